The maximum atomic E-state index is 5.94. The summed E-state index contributed by atoms with van der Waals surface area (Å²) in [7, 11) is 0. The molecule has 2 aliphatic heterocycles. The van der Waals surface area contributed by atoms with Crippen molar-refractivity contribution in [1.82, 2.24) is 0 Å². The highest BCUT2D eigenvalue weighted by molar-refractivity contribution is 5.28. The highest BCUT2D eigenvalue weighted by Crippen LogP contribution is 2.45. The Balaban J connectivity index is 1.20. The Morgan fingerprint density at radius 3 is 1.42 bits per heavy atom. The van der Waals surface area contributed by atoms with E-state index < -0.39 is 0 Å². The van der Waals surface area contributed by atoms with Gasteiger partial charge in [-0.3, -0.25) is 0 Å². The molecule has 0 unspecified atom stereocenters. The fourth-order valence-electron chi connectivity index (χ4n) is 4.48. The molecule has 31 heavy (non-hydrogen) atoms. The molecule has 164 valence electrons. The van der Waals surface area contributed by atoms with Crippen molar-refractivity contribution in [2.75, 3.05) is 0 Å². The minimum atomic E-state index is 0.239. The highest BCUT2D eigenvalue weighted by Gasteiger charge is 2.41. The standard InChI is InChI=1S/C29H36O2/c1-18-7-11-24(12-8-18)28-26(30-28)16-22(5)20(3)15-21(4)23(6)17-27-29(31-27)25-13-9-19(2)10-14-25/h7-14,20-21,26-29H,5-6,15-17H2,1-4H3/t20-,21+,26-,27-,28-,29-/m0/s1. The van der Waals surface area contributed by atoms with Crippen molar-refractivity contribution in [2.45, 2.75) is 71.4 Å². The van der Waals surface area contributed by atoms with Gasteiger partial charge in [0, 0.05) is 0 Å². The second kappa shape index (κ2) is 9.14. The molecule has 2 aromatic carbocycles. The number of rotatable bonds is 10. The molecule has 0 aromatic heterocycles. The van der Waals surface area contributed by atoms with Gasteiger partial charge in [-0.15, -0.1) is 0 Å². The molecule has 0 spiro atoms. The lowest BCUT2D eigenvalue weighted by Gasteiger charge is -2.21. The first kappa shape index (κ1) is 22.0. The van der Waals surface area contributed by atoms with E-state index in [2.05, 4.69) is 89.4 Å². The van der Waals surface area contributed by atoms with Crippen LogP contribution in [0.15, 0.2) is 72.8 Å². The molecule has 2 heteroatoms. The van der Waals surface area contributed by atoms with E-state index in [-0.39, 0.29) is 24.4 Å². The zero-order chi connectivity index (χ0) is 22.1. The Hall–Kier alpha value is -2.16. The molecule has 0 radical (unpaired) electrons. The molecule has 0 aliphatic carbocycles. The van der Waals surface area contributed by atoms with Crippen molar-refractivity contribution in [3.05, 3.63) is 95.1 Å². The predicted octanol–water partition coefficient (Wildman–Crippen LogP) is 7.44. The normalized spacial score (nSPS) is 26.2. The molecule has 2 nitrogen and oxygen atoms in total. The van der Waals surface area contributed by atoms with Crippen LogP contribution >= 0.6 is 0 Å². The van der Waals surface area contributed by atoms with Crippen LogP contribution in [-0.2, 0) is 9.47 Å². The topological polar surface area (TPSA) is 25.1 Å². The molecule has 4 rings (SSSR count). The number of hydrogen-bond acceptors (Lipinski definition) is 2. The van der Waals surface area contributed by atoms with Gasteiger partial charge in [-0.2, -0.15) is 0 Å². The lowest BCUT2D eigenvalue weighted by Crippen LogP contribution is -2.10. The van der Waals surface area contributed by atoms with Crippen molar-refractivity contribution in [2.24, 2.45) is 11.8 Å². The third kappa shape index (κ3) is 5.56. The molecule has 2 saturated heterocycles. The van der Waals surface area contributed by atoms with Crippen LogP contribution in [0.25, 0.3) is 0 Å². The van der Waals surface area contributed by atoms with Crippen LogP contribution < -0.4 is 0 Å². The fourth-order valence-corrected chi connectivity index (χ4v) is 4.48. The Labute approximate surface area is 188 Å². The van der Waals surface area contributed by atoms with E-state index in [1.807, 2.05) is 0 Å². The molecule has 2 aromatic rings. The average Bonchev–Trinajstić information content (AvgIpc) is 3.66. The van der Waals surface area contributed by atoms with Gasteiger partial charge in [-0.25, -0.2) is 0 Å². The van der Waals surface area contributed by atoms with E-state index in [0.29, 0.717) is 11.8 Å². The van der Waals surface area contributed by atoms with Gasteiger partial charge in [-0.05, 0) is 56.1 Å². The third-order valence-electron chi connectivity index (χ3n) is 7.00. The van der Waals surface area contributed by atoms with Gasteiger partial charge in [0.1, 0.15) is 12.2 Å². The van der Waals surface area contributed by atoms with Gasteiger partial charge in [0.25, 0.3) is 0 Å². The second-order valence-corrected chi connectivity index (χ2v) is 9.77. The molecule has 2 aliphatic rings. The van der Waals surface area contributed by atoms with Crippen LogP contribution in [0, 0.1) is 25.7 Å². The van der Waals surface area contributed by atoms with Crippen LogP contribution in [-0.4, -0.2) is 12.2 Å². The maximum absolute atomic E-state index is 5.94. The van der Waals surface area contributed by atoms with Gasteiger partial charge in [0.15, 0.2) is 0 Å². The zero-order valence-corrected chi connectivity index (χ0v) is 19.4. The van der Waals surface area contributed by atoms with E-state index in [0.717, 1.165) is 19.3 Å². The summed E-state index contributed by atoms with van der Waals surface area (Å²) in [4.78, 5) is 0. The van der Waals surface area contributed by atoms with E-state index in [4.69, 9.17) is 9.47 Å². The lowest BCUT2D eigenvalue weighted by atomic mass is 9.84. The summed E-state index contributed by atoms with van der Waals surface area (Å²) in [5.41, 5.74) is 7.72. The van der Waals surface area contributed by atoms with Crippen LogP contribution in [0.3, 0.4) is 0 Å². The van der Waals surface area contributed by atoms with E-state index >= 15 is 0 Å². The lowest BCUT2D eigenvalue weighted by molar-refractivity contribution is 0.361. The summed E-state index contributed by atoms with van der Waals surface area (Å²) in [6.45, 7) is 17.6. The number of aryl methyl sites for hydroxylation is 2. The van der Waals surface area contributed by atoms with Crippen molar-refractivity contribution >= 4 is 0 Å². The molecule has 0 bridgehead atoms. The summed E-state index contributed by atoms with van der Waals surface area (Å²) < 4.78 is 11.9. The van der Waals surface area contributed by atoms with Crippen molar-refractivity contribution in [1.29, 1.82) is 0 Å². The van der Waals surface area contributed by atoms with Crippen LogP contribution in [0.2, 0.25) is 0 Å². The monoisotopic (exact) mass is 416 g/mol. The fraction of sp³-hybridized carbons (Fsp3) is 0.448. The molecule has 2 heterocycles. The minimum Gasteiger partial charge on any atom is -0.364 e. The Morgan fingerprint density at radius 1 is 0.710 bits per heavy atom. The number of ether oxygens (including phenoxy) is 2. The molecule has 0 N–H and O–H groups in total. The highest BCUT2D eigenvalue weighted by atomic mass is 16.6. The Kier molecular flexibility index (Phi) is 6.50. The van der Waals surface area contributed by atoms with Crippen molar-refractivity contribution in [3.63, 3.8) is 0 Å². The van der Waals surface area contributed by atoms with Gasteiger partial charge < -0.3 is 9.47 Å². The van der Waals surface area contributed by atoms with Crippen molar-refractivity contribution in [3.8, 4) is 0 Å². The quantitative estimate of drug-likeness (QED) is 0.297. The van der Waals surface area contributed by atoms with E-state index in [1.165, 1.54) is 33.4 Å². The third-order valence-corrected chi connectivity index (χ3v) is 7.00. The first-order valence-corrected chi connectivity index (χ1v) is 11.6. The minimum absolute atomic E-state index is 0.239. The van der Waals surface area contributed by atoms with Gasteiger partial charge in [0.05, 0.1) is 12.2 Å². The Bertz CT molecular complexity index is 847. The Morgan fingerprint density at radius 2 is 1.06 bits per heavy atom. The summed E-state index contributed by atoms with van der Waals surface area (Å²) in [5.74, 6) is 0.922. The van der Waals surface area contributed by atoms with Crippen LogP contribution in [0.4, 0.5) is 0 Å². The van der Waals surface area contributed by atoms with Gasteiger partial charge >= 0.3 is 0 Å². The first-order valence-electron chi connectivity index (χ1n) is 11.6. The van der Waals surface area contributed by atoms with Gasteiger partial charge in [-0.1, -0.05) is 97.8 Å². The van der Waals surface area contributed by atoms with Gasteiger partial charge in [0.2, 0.25) is 0 Å². The van der Waals surface area contributed by atoms with E-state index in [1.54, 1.807) is 0 Å². The second-order valence-electron chi connectivity index (χ2n) is 9.77. The van der Waals surface area contributed by atoms with Crippen LogP contribution in [0.5, 0.6) is 0 Å². The molecular weight excluding hydrogens is 380 g/mol. The molecular formula is C29H36O2. The SMILES string of the molecule is C=C(C[C@@H]1O[C@H]1c1ccc(C)cc1)[C@H](C)C[C@H](C)C(=C)C[C@@H]1O[C@H]1c1ccc(C)cc1. The average molecular weight is 417 g/mol. The summed E-state index contributed by atoms with van der Waals surface area (Å²) in [6, 6.07) is 17.4. The number of hydrogen-bond donors (Lipinski definition) is 0. The maximum Gasteiger partial charge on any atom is 0.109 e. The molecule has 2 fully saturated rings. The zero-order valence-electron chi connectivity index (χ0n) is 19.4. The van der Waals surface area contributed by atoms with Crippen molar-refractivity contribution < 1.29 is 9.47 Å². The number of benzene rings is 2. The first-order chi connectivity index (χ1) is 14.8. The summed E-state index contributed by atoms with van der Waals surface area (Å²) >= 11 is 0. The number of epoxide rings is 2. The summed E-state index contributed by atoms with van der Waals surface area (Å²) in [5, 5.41) is 0. The predicted molar refractivity (Wildman–Crippen MR) is 128 cm³/mol. The summed E-state index contributed by atoms with van der Waals surface area (Å²) in [6.07, 6.45) is 4.02. The molecule has 0 amide bonds. The molecule has 6 atom stereocenters. The van der Waals surface area contributed by atoms with E-state index in [9.17, 15) is 0 Å². The largest absolute Gasteiger partial charge is 0.364 e. The smallest absolute Gasteiger partial charge is 0.109 e. The molecule has 0 saturated carbocycles. The van der Waals surface area contributed by atoms with Crippen LogP contribution in [0.1, 0.15) is 67.6 Å².